The molecular formula is C14H11NOS2. The number of oxazole rings is 1. The van der Waals surface area contributed by atoms with Crippen LogP contribution in [0.25, 0.3) is 11.3 Å². The van der Waals surface area contributed by atoms with Crippen LogP contribution in [0.4, 0.5) is 0 Å². The summed E-state index contributed by atoms with van der Waals surface area (Å²) in [6, 6.07) is 12.3. The predicted molar refractivity (Wildman–Crippen MR) is 75.1 cm³/mol. The standard InChI is InChI=1S/C14H11NOS2/c1-10-4-6-11(7-5-10)12-9-15-14(16-12)18-13-3-2-8-17-13/h2-9H,1H3. The fourth-order valence-electron chi connectivity index (χ4n) is 1.56. The van der Waals surface area contributed by atoms with Crippen LogP contribution in [0.5, 0.6) is 0 Å². The van der Waals surface area contributed by atoms with Crippen molar-refractivity contribution in [1.82, 2.24) is 4.98 Å². The van der Waals surface area contributed by atoms with Crippen LogP contribution in [-0.2, 0) is 0 Å². The molecule has 0 radical (unpaired) electrons. The van der Waals surface area contributed by atoms with Gasteiger partial charge in [0.2, 0.25) is 0 Å². The van der Waals surface area contributed by atoms with E-state index in [9.17, 15) is 0 Å². The van der Waals surface area contributed by atoms with Gasteiger partial charge in [-0.25, -0.2) is 4.98 Å². The van der Waals surface area contributed by atoms with Crippen LogP contribution in [0.2, 0.25) is 0 Å². The Kier molecular flexibility index (Phi) is 3.21. The van der Waals surface area contributed by atoms with E-state index in [0.717, 1.165) is 11.3 Å². The van der Waals surface area contributed by atoms with E-state index in [-0.39, 0.29) is 0 Å². The van der Waals surface area contributed by atoms with E-state index in [0.29, 0.717) is 5.22 Å². The quantitative estimate of drug-likeness (QED) is 0.681. The minimum atomic E-state index is 0.688. The lowest BCUT2D eigenvalue weighted by molar-refractivity contribution is 0.466. The lowest BCUT2D eigenvalue weighted by atomic mass is 10.1. The molecule has 0 N–H and O–H groups in total. The molecule has 1 aromatic carbocycles. The van der Waals surface area contributed by atoms with Crippen LogP contribution in [0, 0.1) is 6.92 Å². The summed E-state index contributed by atoms with van der Waals surface area (Å²) >= 11 is 3.24. The minimum absolute atomic E-state index is 0.688. The molecule has 3 aromatic rings. The number of hydrogen-bond donors (Lipinski definition) is 0. The first kappa shape index (κ1) is 11.6. The third-order valence-corrected chi connectivity index (χ3v) is 4.40. The average Bonchev–Trinajstić information content (AvgIpc) is 3.02. The van der Waals surface area contributed by atoms with Crippen molar-refractivity contribution < 1.29 is 4.42 Å². The zero-order chi connectivity index (χ0) is 12.4. The van der Waals surface area contributed by atoms with Gasteiger partial charge in [-0.1, -0.05) is 35.9 Å². The summed E-state index contributed by atoms with van der Waals surface area (Å²) in [5.74, 6) is 0.814. The number of benzene rings is 1. The molecule has 0 fully saturated rings. The lowest BCUT2D eigenvalue weighted by Gasteiger charge is -1.96. The van der Waals surface area contributed by atoms with Crippen molar-refractivity contribution >= 4 is 23.1 Å². The van der Waals surface area contributed by atoms with E-state index in [1.807, 2.05) is 11.4 Å². The summed E-state index contributed by atoms with van der Waals surface area (Å²) in [6.07, 6.45) is 1.78. The van der Waals surface area contributed by atoms with Crippen molar-refractivity contribution in [2.24, 2.45) is 0 Å². The molecule has 0 amide bonds. The second kappa shape index (κ2) is 5.00. The highest BCUT2D eigenvalue weighted by Gasteiger charge is 2.08. The highest BCUT2D eigenvalue weighted by Crippen LogP contribution is 2.32. The van der Waals surface area contributed by atoms with E-state index in [4.69, 9.17) is 4.42 Å². The van der Waals surface area contributed by atoms with Gasteiger partial charge in [0.05, 0.1) is 10.4 Å². The maximum Gasteiger partial charge on any atom is 0.261 e. The number of rotatable bonds is 3. The maximum atomic E-state index is 5.74. The van der Waals surface area contributed by atoms with Gasteiger partial charge in [-0.3, -0.25) is 0 Å². The molecule has 0 unspecified atom stereocenters. The van der Waals surface area contributed by atoms with Crippen LogP contribution < -0.4 is 0 Å². The monoisotopic (exact) mass is 273 g/mol. The van der Waals surface area contributed by atoms with Crippen LogP contribution in [-0.4, -0.2) is 4.98 Å². The summed E-state index contributed by atoms with van der Waals surface area (Å²) < 4.78 is 6.93. The Bertz CT molecular complexity index is 626. The number of hydrogen-bond acceptors (Lipinski definition) is 4. The van der Waals surface area contributed by atoms with Crippen molar-refractivity contribution in [3.05, 3.63) is 53.5 Å². The van der Waals surface area contributed by atoms with Gasteiger partial charge >= 0.3 is 0 Å². The van der Waals surface area contributed by atoms with E-state index < -0.39 is 0 Å². The van der Waals surface area contributed by atoms with E-state index in [1.54, 1.807) is 29.3 Å². The molecule has 0 bridgehead atoms. The van der Waals surface area contributed by atoms with Gasteiger partial charge in [0.25, 0.3) is 5.22 Å². The average molecular weight is 273 g/mol. The molecule has 18 heavy (non-hydrogen) atoms. The smallest absolute Gasteiger partial charge is 0.261 e. The SMILES string of the molecule is Cc1ccc(-c2cnc(Sc3cccs3)o2)cc1. The topological polar surface area (TPSA) is 26.0 Å². The molecule has 2 nitrogen and oxygen atoms in total. The van der Waals surface area contributed by atoms with Crippen molar-refractivity contribution in [1.29, 1.82) is 0 Å². The predicted octanol–water partition coefficient (Wildman–Crippen LogP) is 4.86. The van der Waals surface area contributed by atoms with Crippen molar-refractivity contribution in [2.45, 2.75) is 16.4 Å². The third kappa shape index (κ3) is 2.49. The van der Waals surface area contributed by atoms with Gasteiger partial charge in [-0.05, 0) is 30.1 Å². The zero-order valence-electron chi connectivity index (χ0n) is 9.79. The van der Waals surface area contributed by atoms with E-state index in [1.165, 1.54) is 9.77 Å². The normalized spacial score (nSPS) is 10.7. The minimum Gasteiger partial charge on any atom is -0.431 e. The molecule has 0 atom stereocenters. The summed E-state index contributed by atoms with van der Waals surface area (Å²) in [6.45, 7) is 2.07. The Morgan fingerprint density at radius 1 is 1.17 bits per heavy atom. The molecule has 0 aliphatic carbocycles. The second-order valence-electron chi connectivity index (χ2n) is 3.89. The van der Waals surface area contributed by atoms with Gasteiger partial charge < -0.3 is 4.42 Å². The van der Waals surface area contributed by atoms with Crippen LogP contribution in [0.3, 0.4) is 0 Å². The maximum absolute atomic E-state index is 5.74. The Morgan fingerprint density at radius 2 is 2.00 bits per heavy atom. The molecule has 0 spiro atoms. The zero-order valence-corrected chi connectivity index (χ0v) is 11.4. The van der Waals surface area contributed by atoms with E-state index in [2.05, 4.69) is 42.2 Å². The number of nitrogens with zero attached hydrogens (tertiary/aromatic N) is 1. The van der Waals surface area contributed by atoms with Crippen LogP contribution in [0.15, 0.2) is 61.8 Å². The van der Waals surface area contributed by atoms with E-state index >= 15 is 0 Å². The Hall–Kier alpha value is -1.52. The van der Waals surface area contributed by atoms with Crippen LogP contribution >= 0.6 is 23.1 Å². The van der Waals surface area contributed by atoms with Gasteiger partial charge in [0, 0.05) is 5.56 Å². The second-order valence-corrected chi connectivity index (χ2v) is 6.09. The summed E-state index contributed by atoms with van der Waals surface area (Å²) in [4.78, 5) is 4.29. The molecule has 0 aliphatic heterocycles. The van der Waals surface area contributed by atoms with Gasteiger partial charge in [-0.2, -0.15) is 0 Å². The van der Waals surface area contributed by atoms with Crippen LogP contribution in [0.1, 0.15) is 5.56 Å². The molecular weight excluding hydrogens is 262 g/mol. The van der Waals surface area contributed by atoms with Gasteiger partial charge in [0.15, 0.2) is 5.76 Å². The van der Waals surface area contributed by atoms with Crippen molar-refractivity contribution in [3.8, 4) is 11.3 Å². The molecule has 4 heteroatoms. The Labute approximate surface area is 114 Å². The molecule has 90 valence electrons. The van der Waals surface area contributed by atoms with Gasteiger partial charge in [-0.15, -0.1) is 11.3 Å². The Morgan fingerprint density at radius 3 is 2.72 bits per heavy atom. The molecule has 0 saturated carbocycles. The fraction of sp³-hybridized carbons (Fsp3) is 0.0714. The first-order valence-corrected chi connectivity index (χ1v) is 7.25. The van der Waals surface area contributed by atoms with Crippen molar-refractivity contribution in [3.63, 3.8) is 0 Å². The Balaban J connectivity index is 1.83. The highest BCUT2D eigenvalue weighted by atomic mass is 32.2. The first-order valence-electron chi connectivity index (χ1n) is 5.55. The third-order valence-electron chi connectivity index (χ3n) is 2.50. The molecule has 2 heterocycles. The number of aryl methyl sites for hydroxylation is 1. The summed E-state index contributed by atoms with van der Waals surface area (Å²) in [7, 11) is 0. The largest absolute Gasteiger partial charge is 0.431 e. The molecule has 0 saturated heterocycles. The van der Waals surface area contributed by atoms with Crippen molar-refractivity contribution in [2.75, 3.05) is 0 Å². The molecule has 0 aliphatic rings. The highest BCUT2D eigenvalue weighted by molar-refractivity contribution is 8.00. The summed E-state index contributed by atoms with van der Waals surface area (Å²) in [5.41, 5.74) is 2.30. The lowest BCUT2D eigenvalue weighted by Crippen LogP contribution is -1.74. The number of thiophene rings is 1. The fourth-order valence-corrected chi connectivity index (χ4v) is 3.14. The molecule has 2 aromatic heterocycles. The summed E-state index contributed by atoms with van der Waals surface area (Å²) in [5, 5.41) is 2.74. The van der Waals surface area contributed by atoms with Gasteiger partial charge in [0.1, 0.15) is 0 Å². The first-order chi connectivity index (χ1) is 8.81. The number of aromatic nitrogens is 1. The molecule has 3 rings (SSSR count).